The van der Waals surface area contributed by atoms with E-state index >= 15 is 0 Å². The van der Waals surface area contributed by atoms with Crippen molar-refractivity contribution in [2.75, 3.05) is 13.2 Å². The number of benzene rings is 2. The molecular weight excluding hydrogens is 332 g/mol. The van der Waals surface area contributed by atoms with Crippen molar-refractivity contribution in [3.8, 4) is 0 Å². The molecule has 0 saturated carbocycles. The van der Waals surface area contributed by atoms with E-state index < -0.39 is 6.29 Å². The summed E-state index contributed by atoms with van der Waals surface area (Å²) in [7, 11) is 0. The van der Waals surface area contributed by atoms with Crippen LogP contribution in [0.3, 0.4) is 0 Å². The second kappa shape index (κ2) is 7.58. The molecule has 0 unspecified atom stereocenters. The fraction of sp³-hybridized carbons (Fsp3) is 0.381. The summed E-state index contributed by atoms with van der Waals surface area (Å²) >= 11 is 0. The molecule has 2 aliphatic rings. The molecule has 4 atom stereocenters. The van der Waals surface area contributed by atoms with Crippen molar-refractivity contribution in [1.29, 1.82) is 0 Å². The first-order valence-corrected chi connectivity index (χ1v) is 8.90. The minimum absolute atomic E-state index is 0.121. The van der Waals surface area contributed by atoms with Gasteiger partial charge in [-0.15, -0.1) is 0 Å². The van der Waals surface area contributed by atoms with Gasteiger partial charge in [0.15, 0.2) is 6.29 Å². The van der Waals surface area contributed by atoms with Gasteiger partial charge in [0.25, 0.3) is 0 Å². The van der Waals surface area contributed by atoms with Crippen LogP contribution in [0.4, 0.5) is 0 Å². The van der Waals surface area contributed by atoms with Crippen LogP contribution >= 0.6 is 0 Å². The number of hydrogen-bond donors (Lipinski definition) is 0. The van der Waals surface area contributed by atoms with Crippen LogP contribution in [0.5, 0.6) is 0 Å². The van der Waals surface area contributed by atoms with E-state index in [0.29, 0.717) is 25.2 Å². The molecule has 0 aromatic heterocycles. The van der Waals surface area contributed by atoms with Crippen molar-refractivity contribution < 1.29 is 23.7 Å². The Labute approximate surface area is 152 Å². The van der Waals surface area contributed by atoms with E-state index in [-0.39, 0.29) is 24.3 Å². The highest BCUT2D eigenvalue weighted by atomic mass is 16.7. The summed E-state index contributed by atoms with van der Waals surface area (Å²) in [6.45, 7) is 2.82. The molecule has 0 spiro atoms. The number of hydrogen-bond acceptors (Lipinski definition) is 5. The number of fused-ring (bicyclic) bond motifs is 1. The zero-order valence-electron chi connectivity index (χ0n) is 14.7. The quantitative estimate of drug-likeness (QED) is 0.791. The third-order valence-corrected chi connectivity index (χ3v) is 4.75. The summed E-state index contributed by atoms with van der Waals surface area (Å²) in [5.41, 5.74) is 2.63. The standard InChI is InChI=1S/C21H22O5/c1-14-7-9-15(10-8-14)20(22)25-17-11-18-19(23-12-17)13-24-21(26-18)16-5-3-2-4-6-16/h2-10,17-19,21H,11-13H2,1H3/t17-,18-,19+,21-/m0/s1. The molecule has 0 aliphatic carbocycles. The summed E-state index contributed by atoms with van der Waals surface area (Å²) < 4.78 is 23.3. The van der Waals surface area contributed by atoms with Crippen LogP contribution in [0.1, 0.15) is 34.2 Å². The van der Waals surface area contributed by atoms with Crippen LogP contribution in [0.2, 0.25) is 0 Å². The Hall–Kier alpha value is -2.21. The van der Waals surface area contributed by atoms with E-state index in [2.05, 4.69) is 0 Å². The average molecular weight is 354 g/mol. The third kappa shape index (κ3) is 3.80. The van der Waals surface area contributed by atoms with E-state index in [1.165, 1.54) is 0 Å². The van der Waals surface area contributed by atoms with E-state index in [9.17, 15) is 4.79 Å². The lowest BCUT2D eigenvalue weighted by Crippen LogP contribution is -2.50. The summed E-state index contributed by atoms with van der Waals surface area (Å²) in [6, 6.07) is 17.2. The molecule has 4 rings (SSSR count). The van der Waals surface area contributed by atoms with Gasteiger partial charge in [0, 0.05) is 12.0 Å². The van der Waals surface area contributed by atoms with Gasteiger partial charge in [0.2, 0.25) is 0 Å². The summed E-state index contributed by atoms with van der Waals surface area (Å²) in [5, 5.41) is 0. The molecule has 2 fully saturated rings. The van der Waals surface area contributed by atoms with Crippen molar-refractivity contribution in [3.05, 3.63) is 71.3 Å². The predicted molar refractivity (Wildman–Crippen MR) is 94.7 cm³/mol. The first kappa shape index (κ1) is 17.2. The van der Waals surface area contributed by atoms with Gasteiger partial charge in [-0.2, -0.15) is 0 Å². The molecule has 0 bridgehead atoms. The zero-order valence-corrected chi connectivity index (χ0v) is 14.7. The molecule has 2 saturated heterocycles. The monoisotopic (exact) mass is 354 g/mol. The second-order valence-electron chi connectivity index (χ2n) is 6.75. The second-order valence-corrected chi connectivity index (χ2v) is 6.75. The third-order valence-electron chi connectivity index (χ3n) is 4.75. The fourth-order valence-corrected chi connectivity index (χ4v) is 3.27. The van der Waals surface area contributed by atoms with Crippen LogP contribution in [0.15, 0.2) is 54.6 Å². The normalized spacial score (nSPS) is 28.2. The van der Waals surface area contributed by atoms with Gasteiger partial charge < -0.3 is 18.9 Å². The molecule has 2 aromatic rings. The van der Waals surface area contributed by atoms with E-state index in [1.807, 2.05) is 49.4 Å². The van der Waals surface area contributed by atoms with Gasteiger partial charge in [-0.05, 0) is 19.1 Å². The highest BCUT2D eigenvalue weighted by Crippen LogP contribution is 2.32. The van der Waals surface area contributed by atoms with Crippen LogP contribution in [-0.4, -0.2) is 37.5 Å². The minimum atomic E-state index is -0.410. The van der Waals surface area contributed by atoms with Crippen molar-refractivity contribution >= 4 is 5.97 Å². The molecule has 5 nitrogen and oxygen atoms in total. The van der Waals surface area contributed by atoms with Crippen molar-refractivity contribution in [1.82, 2.24) is 0 Å². The minimum Gasteiger partial charge on any atom is -0.456 e. The van der Waals surface area contributed by atoms with Gasteiger partial charge in [0.1, 0.15) is 12.2 Å². The number of ether oxygens (including phenoxy) is 4. The molecule has 0 radical (unpaired) electrons. The Kier molecular flexibility index (Phi) is 5.02. The predicted octanol–water partition coefficient (Wildman–Crippen LogP) is 3.42. The number of aryl methyl sites for hydroxylation is 1. The highest BCUT2D eigenvalue weighted by Gasteiger charge is 2.39. The van der Waals surface area contributed by atoms with E-state index in [4.69, 9.17) is 18.9 Å². The van der Waals surface area contributed by atoms with Gasteiger partial charge in [-0.1, -0.05) is 48.0 Å². The lowest BCUT2D eigenvalue weighted by Gasteiger charge is -2.41. The maximum atomic E-state index is 12.3. The largest absolute Gasteiger partial charge is 0.456 e. The van der Waals surface area contributed by atoms with Crippen LogP contribution in [0.25, 0.3) is 0 Å². The Morgan fingerprint density at radius 1 is 0.962 bits per heavy atom. The Bertz CT molecular complexity index is 743. The summed E-state index contributed by atoms with van der Waals surface area (Å²) in [5.74, 6) is -0.330. The van der Waals surface area contributed by atoms with Gasteiger partial charge in [-0.25, -0.2) is 4.79 Å². The summed E-state index contributed by atoms with van der Waals surface area (Å²) in [4.78, 5) is 12.3. The molecular formula is C21H22O5. The SMILES string of the molecule is Cc1ccc(C(=O)O[C@@H]2CO[C@@H]3CO[C@H](c4ccccc4)O[C@H]3C2)cc1. The lowest BCUT2D eigenvalue weighted by atomic mass is 10.0. The number of carbonyl (C=O) groups excluding carboxylic acids is 1. The van der Waals surface area contributed by atoms with Gasteiger partial charge in [0.05, 0.1) is 24.9 Å². The van der Waals surface area contributed by atoms with Crippen LogP contribution in [-0.2, 0) is 18.9 Å². The van der Waals surface area contributed by atoms with Crippen LogP contribution in [0, 0.1) is 6.92 Å². The smallest absolute Gasteiger partial charge is 0.338 e. The molecule has 136 valence electrons. The van der Waals surface area contributed by atoms with Gasteiger partial charge in [-0.3, -0.25) is 0 Å². The molecule has 0 N–H and O–H groups in total. The van der Waals surface area contributed by atoms with E-state index in [1.54, 1.807) is 12.1 Å². The molecule has 0 amide bonds. The van der Waals surface area contributed by atoms with Crippen molar-refractivity contribution in [3.63, 3.8) is 0 Å². The van der Waals surface area contributed by atoms with Crippen molar-refractivity contribution in [2.24, 2.45) is 0 Å². The number of carbonyl (C=O) groups is 1. The number of esters is 1. The van der Waals surface area contributed by atoms with Crippen LogP contribution < -0.4 is 0 Å². The topological polar surface area (TPSA) is 54.0 Å². The Morgan fingerprint density at radius 3 is 2.50 bits per heavy atom. The molecule has 2 aliphatic heterocycles. The lowest BCUT2D eigenvalue weighted by molar-refractivity contribution is -0.287. The zero-order chi connectivity index (χ0) is 17.9. The Balaban J connectivity index is 1.37. The maximum Gasteiger partial charge on any atom is 0.338 e. The van der Waals surface area contributed by atoms with Crippen molar-refractivity contribution in [2.45, 2.75) is 37.9 Å². The number of rotatable bonds is 3. The Morgan fingerprint density at radius 2 is 1.73 bits per heavy atom. The first-order valence-electron chi connectivity index (χ1n) is 8.90. The molecule has 26 heavy (non-hydrogen) atoms. The van der Waals surface area contributed by atoms with E-state index in [0.717, 1.165) is 11.1 Å². The molecule has 2 heterocycles. The first-order chi connectivity index (χ1) is 12.7. The molecule has 5 heteroatoms. The maximum absolute atomic E-state index is 12.3. The molecule has 2 aromatic carbocycles. The fourth-order valence-electron chi connectivity index (χ4n) is 3.27. The average Bonchev–Trinajstić information content (AvgIpc) is 2.68. The highest BCUT2D eigenvalue weighted by molar-refractivity contribution is 5.89. The van der Waals surface area contributed by atoms with Gasteiger partial charge >= 0.3 is 5.97 Å². The summed E-state index contributed by atoms with van der Waals surface area (Å²) in [6.07, 6.45) is -0.399.